The summed E-state index contributed by atoms with van der Waals surface area (Å²) >= 11 is 5.28. The second-order valence-electron chi connectivity index (χ2n) is 5.81. The highest BCUT2D eigenvalue weighted by Gasteiger charge is 2.18. The highest BCUT2D eigenvalue weighted by molar-refractivity contribution is 9.11. The van der Waals surface area contributed by atoms with E-state index in [0.29, 0.717) is 12.1 Å². The van der Waals surface area contributed by atoms with Crippen LogP contribution >= 0.6 is 27.3 Å². The van der Waals surface area contributed by atoms with Crippen LogP contribution in [0.1, 0.15) is 55.4 Å². The van der Waals surface area contributed by atoms with Crippen molar-refractivity contribution in [2.75, 3.05) is 7.05 Å². The van der Waals surface area contributed by atoms with Crippen molar-refractivity contribution in [1.29, 1.82) is 0 Å². The van der Waals surface area contributed by atoms with E-state index in [4.69, 9.17) is 5.10 Å². The van der Waals surface area contributed by atoms with Crippen molar-refractivity contribution in [2.45, 2.75) is 50.6 Å². The molecule has 114 valence electrons. The van der Waals surface area contributed by atoms with Gasteiger partial charge in [0.1, 0.15) is 0 Å². The maximum atomic E-state index is 4.82. The van der Waals surface area contributed by atoms with E-state index in [2.05, 4.69) is 49.6 Å². The first-order chi connectivity index (χ1) is 10.3. The van der Waals surface area contributed by atoms with Gasteiger partial charge in [0, 0.05) is 18.7 Å². The quantitative estimate of drug-likeness (QED) is 0.828. The molecule has 0 spiro atoms. The number of thiophene rings is 1. The summed E-state index contributed by atoms with van der Waals surface area (Å²) in [6.07, 6.45) is 9.77. The van der Waals surface area contributed by atoms with E-state index < -0.39 is 0 Å². The third-order valence-electron chi connectivity index (χ3n) is 4.36. The molecular formula is C16H22BrN3S. The third-order valence-corrected chi connectivity index (χ3v) is 5.89. The zero-order chi connectivity index (χ0) is 14.7. The zero-order valence-corrected chi connectivity index (χ0v) is 14.8. The minimum atomic E-state index is 0.335. The molecule has 2 aromatic heterocycles. The molecule has 3 nitrogen and oxygen atoms in total. The van der Waals surface area contributed by atoms with E-state index in [1.165, 1.54) is 47.1 Å². The standard InChI is InChI=1S/C16H22BrN3S/c1-18-15(12-9-16(17)21-11-12)10-13-7-8-20(19-13)14-5-3-2-4-6-14/h7-9,11,14-15,18H,2-6,10H2,1H3. The summed E-state index contributed by atoms with van der Waals surface area (Å²) in [7, 11) is 2.02. The Morgan fingerprint density at radius 3 is 2.90 bits per heavy atom. The van der Waals surface area contributed by atoms with E-state index in [9.17, 15) is 0 Å². The molecule has 5 heteroatoms. The van der Waals surface area contributed by atoms with Crippen molar-refractivity contribution in [2.24, 2.45) is 0 Å². The SMILES string of the molecule is CNC(Cc1ccn(C2CCCCC2)n1)c1csc(Br)c1. The average molecular weight is 368 g/mol. The average Bonchev–Trinajstić information content (AvgIpc) is 3.15. The van der Waals surface area contributed by atoms with Crippen molar-refractivity contribution in [1.82, 2.24) is 15.1 Å². The van der Waals surface area contributed by atoms with Gasteiger partial charge in [0.2, 0.25) is 0 Å². The van der Waals surface area contributed by atoms with Gasteiger partial charge < -0.3 is 5.32 Å². The van der Waals surface area contributed by atoms with Crippen molar-refractivity contribution in [3.05, 3.63) is 38.8 Å². The van der Waals surface area contributed by atoms with Crippen molar-refractivity contribution in [3.63, 3.8) is 0 Å². The van der Waals surface area contributed by atoms with Gasteiger partial charge in [0.15, 0.2) is 0 Å². The molecular weight excluding hydrogens is 346 g/mol. The van der Waals surface area contributed by atoms with Crippen LogP contribution in [0.2, 0.25) is 0 Å². The third kappa shape index (κ3) is 3.76. The van der Waals surface area contributed by atoms with Gasteiger partial charge in [-0.15, -0.1) is 11.3 Å². The molecule has 1 unspecified atom stereocenters. The molecule has 0 aliphatic heterocycles. The molecule has 1 fully saturated rings. The van der Waals surface area contributed by atoms with Crippen LogP contribution in [0.15, 0.2) is 27.5 Å². The van der Waals surface area contributed by atoms with Crippen LogP contribution in [0.4, 0.5) is 0 Å². The molecule has 0 amide bonds. The number of aromatic nitrogens is 2. The Labute approximate surface area is 138 Å². The summed E-state index contributed by atoms with van der Waals surface area (Å²) in [5, 5.41) is 10.4. The van der Waals surface area contributed by atoms with Crippen LogP contribution < -0.4 is 5.32 Å². The molecule has 1 aliphatic rings. The Morgan fingerprint density at radius 1 is 1.43 bits per heavy atom. The second kappa shape index (κ2) is 7.07. The monoisotopic (exact) mass is 367 g/mol. The van der Waals surface area contributed by atoms with Gasteiger partial charge >= 0.3 is 0 Å². The Kier molecular flexibility index (Phi) is 5.14. The second-order valence-corrected chi connectivity index (χ2v) is 8.10. The predicted octanol–water partition coefficient (Wildman–Crippen LogP) is 4.72. The van der Waals surface area contributed by atoms with Gasteiger partial charge in [0.05, 0.1) is 15.5 Å². The molecule has 0 aromatic carbocycles. The molecule has 0 bridgehead atoms. The van der Waals surface area contributed by atoms with Crippen molar-refractivity contribution < 1.29 is 0 Å². The number of hydrogen-bond acceptors (Lipinski definition) is 3. The summed E-state index contributed by atoms with van der Waals surface area (Å²) in [4.78, 5) is 0. The summed E-state index contributed by atoms with van der Waals surface area (Å²) < 4.78 is 3.38. The molecule has 2 aromatic rings. The van der Waals surface area contributed by atoms with Crippen LogP contribution in [0.5, 0.6) is 0 Å². The molecule has 21 heavy (non-hydrogen) atoms. The predicted molar refractivity (Wildman–Crippen MR) is 91.9 cm³/mol. The lowest BCUT2D eigenvalue weighted by atomic mass is 9.96. The van der Waals surface area contributed by atoms with Gasteiger partial charge in [-0.3, -0.25) is 4.68 Å². The highest BCUT2D eigenvalue weighted by atomic mass is 79.9. The Hall–Kier alpha value is -0.650. The van der Waals surface area contributed by atoms with E-state index >= 15 is 0 Å². The summed E-state index contributed by atoms with van der Waals surface area (Å²) in [6.45, 7) is 0. The number of nitrogens with one attached hydrogen (secondary N) is 1. The number of nitrogens with zero attached hydrogens (tertiary/aromatic N) is 2. The minimum Gasteiger partial charge on any atom is -0.313 e. The van der Waals surface area contributed by atoms with E-state index in [-0.39, 0.29) is 0 Å². The lowest BCUT2D eigenvalue weighted by Gasteiger charge is -2.22. The van der Waals surface area contributed by atoms with Crippen LogP contribution in [-0.2, 0) is 6.42 Å². The van der Waals surface area contributed by atoms with Gasteiger partial charge in [-0.05, 0) is 58.9 Å². The maximum Gasteiger partial charge on any atom is 0.0701 e. The van der Waals surface area contributed by atoms with Crippen LogP contribution in [0.3, 0.4) is 0 Å². The fourth-order valence-corrected chi connectivity index (χ4v) is 4.37. The fraction of sp³-hybridized carbons (Fsp3) is 0.562. The lowest BCUT2D eigenvalue weighted by molar-refractivity contribution is 0.327. The number of hydrogen-bond donors (Lipinski definition) is 1. The molecule has 1 atom stereocenters. The number of rotatable bonds is 5. The number of likely N-dealkylation sites (N-methyl/N-ethyl adjacent to an activating group) is 1. The highest BCUT2D eigenvalue weighted by Crippen LogP contribution is 2.29. The molecule has 2 heterocycles. The van der Waals surface area contributed by atoms with Gasteiger partial charge in [-0.2, -0.15) is 5.10 Å². The Balaban J connectivity index is 1.68. The van der Waals surface area contributed by atoms with Crippen LogP contribution in [-0.4, -0.2) is 16.8 Å². The van der Waals surface area contributed by atoms with E-state index in [0.717, 1.165) is 6.42 Å². The number of halogens is 1. The van der Waals surface area contributed by atoms with Crippen LogP contribution in [0.25, 0.3) is 0 Å². The smallest absolute Gasteiger partial charge is 0.0701 e. The first kappa shape index (κ1) is 15.3. The van der Waals surface area contributed by atoms with E-state index in [1.54, 1.807) is 11.3 Å². The lowest BCUT2D eigenvalue weighted by Crippen LogP contribution is -2.19. The first-order valence-electron chi connectivity index (χ1n) is 7.71. The summed E-state index contributed by atoms with van der Waals surface area (Å²) in [5.74, 6) is 0. The molecule has 0 radical (unpaired) electrons. The maximum absolute atomic E-state index is 4.82. The van der Waals surface area contributed by atoms with Crippen molar-refractivity contribution >= 4 is 27.3 Å². The van der Waals surface area contributed by atoms with Gasteiger partial charge in [-0.25, -0.2) is 0 Å². The van der Waals surface area contributed by atoms with E-state index in [1.807, 2.05) is 7.05 Å². The normalized spacial score (nSPS) is 18.0. The van der Waals surface area contributed by atoms with Gasteiger partial charge in [-0.1, -0.05) is 19.3 Å². The van der Waals surface area contributed by atoms with Crippen molar-refractivity contribution in [3.8, 4) is 0 Å². The summed E-state index contributed by atoms with van der Waals surface area (Å²) in [6, 6.07) is 5.34. The Bertz CT molecular complexity index is 572. The minimum absolute atomic E-state index is 0.335. The fourth-order valence-electron chi connectivity index (χ4n) is 3.14. The summed E-state index contributed by atoms with van der Waals surface area (Å²) in [5.41, 5.74) is 2.52. The first-order valence-corrected chi connectivity index (χ1v) is 9.39. The van der Waals surface area contributed by atoms with Crippen LogP contribution in [0, 0.1) is 0 Å². The molecule has 3 rings (SSSR count). The molecule has 0 saturated heterocycles. The van der Waals surface area contributed by atoms with Gasteiger partial charge in [0.25, 0.3) is 0 Å². The molecule has 1 N–H and O–H groups in total. The topological polar surface area (TPSA) is 29.9 Å². The molecule has 1 aliphatic carbocycles. The Morgan fingerprint density at radius 2 is 2.24 bits per heavy atom. The zero-order valence-electron chi connectivity index (χ0n) is 12.4. The largest absolute Gasteiger partial charge is 0.313 e. The molecule has 1 saturated carbocycles.